The number of aromatic nitrogens is 2. The number of benzene rings is 3. The SMILES string of the molecule is CCOC(=O)c1cc(-c2cccc(NC(=O)c3ccccc3C)c2)n(-c2ccccc2OC)n1. The maximum atomic E-state index is 12.8. The lowest BCUT2D eigenvalue weighted by Gasteiger charge is -2.13. The Kier molecular flexibility index (Phi) is 6.73. The highest BCUT2D eigenvalue weighted by Crippen LogP contribution is 2.30. The van der Waals surface area contributed by atoms with Crippen LogP contribution in [0.3, 0.4) is 0 Å². The van der Waals surface area contributed by atoms with E-state index in [2.05, 4.69) is 10.4 Å². The van der Waals surface area contributed by atoms with Crippen LogP contribution in [-0.4, -0.2) is 35.4 Å². The van der Waals surface area contributed by atoms with E-state index < -0.39 is 5.97 Å². The minimum atomic E-state index is -0.513. The second-order valence-electron chi connectivity index (χ2n) is 7.57. The van der Waals surface area contributed by atoms with Gasteiger partial charge in [0.05, 0.1) is 19.4 Å². The Morgan fingerprint density at radius 3 is 2.50 bits per heavy atom. The maximum Gasteiger partial charge on any atom is 0.358 e. The maximum absolute atomic E-state index is 12.8. The van der Waals surface area contributed by atoms with Crippen LogP contribution in [0, 0.1) is 6.92 Å². The van der Waals surface area contributed by atoms with E-state index in [9.17, 15) is 9.59 Å². The number of hydrogen-bond acceptors (Lipinski definition) is 5. The Labute approximate surface area is 197 Å². The van der Waals surface area contributed by atoms with Crippen LogP contribution in [0.15, 0.2) is 78.9 Å². The molecule has 172 valence electrons. The van der Waals surface area contributed by atoms with Gasteiger partial charge < -0.3 is 14.8 Å². The summed E-state index contributed by atoms with van der Waals surface area (Å²) in [6.45, 7) is 3.89. The standard InChI is InChI=1S/C27H25N3O4/c1-4-34-27(32)22-17-24(30(29-22)23-14-7-8-15-25(23)33-3)19-11-9-12-20(16-19)28-26(31)21-13-6-5-10-18(21)2/h5-17H,4H2,1-3H3,(H,28,31). The van der Waals surface area contributed by atoms with Gasteiger partial charge in [0.2, 0.25) is 0 Å². The van der Waals surface area contributed by atoms with Gasteiger partial charge in [0.25, 0.3) is 5.91 Å². The topological polar surface area (TPSA) is 82.5 Å². The summed E-state index contributed by atoms with van der Waals surface area (Å²) >= 11 is 0. The number of nitrogens with one attached hydrogen (secondary N) is 1. The summed E-state index contributed by atoms with van der Waals surface area (Å²) in [5.74, 6) is -0.103. The van der Waals surface area contributed by atoms with Crippen LogP contribution in [0.4, 0.5) is 5.69 Å². The van der Waals surface area contributed by atoms with Crippen molar-refractivity contribution in [3.05, 3.63) is 95.7 Å². The van der Waals surface area contributed by atoms with E-state index >= 15 is 0 Å². The summed E-state index contributed by atoms with van der Waals surface area (Å²) < 4.78 is 12.3. The van der Waals surface area contributed by atoms with Crippen molar-refractivity contribution in [1.82, 2.24) is 9.78 Å². The molecule has 0 aliphatic carbocycles. The minimum absolute atomic E-state index is 0.178. The van der Waals surface area contributed by atoms with Crippen LogP contribution in [0.2, 0.25) is 0 Å². The number of carbonyl (C=O) groups is 2. The minimum Gasteiger partial charge on any atom is -0.494 e. The first-order valence-corrected chi connectivity index (χ1v) is 10.9. The molecule has 1 amide bonds. The fourth-order valence-electron chi connectivity index (χ4n) is 3.66. The molecule has 0 unspecified atom stereocenters. The Morgan fingerprint density at radius 2 is 1.74 bits per heavy atom. The Balaban J connectivity index is 1.76. The highest BCUT2D eigenvalue weighted by atomic mass is 16.5. The fourth-order valence-corrected chi connectivity index (χ4v) is 3.66. The molecule has 1 N–H and O–H groups in total. The van der Waals surface area contributed by atoms with Crippen LogP contribution in [0.1, 0.15) is 33.3 Å². The molecule has 0 aliphatic rings. The number of esters is 1. The number of para-hydroxylation sites is 2. The summed E-state index contributed by atoms with van der Waals surface area (Å²) in [7, 11) is 1.58. The van der Waals surface area contributed by atoms with Crippen molar-refractivity contribution in [3.63, 3.8) is 0 Å². The van der Waals surface area contributed by atoms with E-state index in [0.717, 1.165) is 11.1 Å². The molecular formula is C27H25N3O4. The first kappa shape index (κ1) is 22.8. The van der Waals surface area contributed by atoms with E-state index in [1.807, 2.05) is 73.7 Å². The second-order valence-corrected chi connectivity index (χ2v) is 7.57. The molecule has 3 aromatic carbocycles. The van der Waals surface area contributed by atoms with Crippen molar-refractivity contribution in [3.8, 4) is 22.7 Å². The van der Waals surface area contributed by atoms with Crippen molar-refractivity contribution in [2.75, 3.05) is 19.0 Å². The summed E-state index contributed by atoms with van der Waals surface area (Å²) in [5, 5.41) is 7.46. The van der Waals surface area contributed by atoms with Crippen LogP contribution in [-0.2, 0) is 4.74 Å². The third kappa shape index (κ3) is 4.68. The number of ether oxygens (including phenoxy) is 2. The van der Waals surface area contributed by atoms with Crippen LogP contribution >= 0.6 is 0 Å². The molecule has 1 aromatic heterocycles. The molecule has 0 spiro atoms. The van der Waals surface area contributed by atoms with Crippen molar-refractivity contribution < 1.29 is 19.1 Å². The first-order valence-electron chi connectivity index (χ1n) is 10.9. The lowest BCUT2D eigenvalue weighted by Crippen LogP contribution is -2.13. The number of anilines is 1. The van der Waals surface area contributed by atoms with Crippen LogP contribution in [0.5, 0.6) is 5.75 Å². The quantitative estimate of drug-likeness (QED) is 0.383. The van der Waals surface area contributed by atoms with Gasteiger partial charge in [-0.05, 0) is 55.8 Å². The third-order valence-corrected chi connectivity index (χ3v) is 5.31. The van der Waals surface area contributed by atoms with Crippen LogP contribution in [0.25, 0.3) is 16.9 Å². The summed E-state index contributed by atoms with van der Waals surface area (Å²) in [4.78, 5) is 25.3. The van der Waals surface area contributed by atoms with Crippen LogP contribution < -0.4 is 10.1 Å². The Morgan fingerprint density at radius 1 is 0.971 bits per heavy atom. The predicted molar refractivity (Wildman–Crippen MR) is 131 cm³/mol. The highest BCUT2D eigenvalue weighted by Gasteiger charge is 2.20. The number of amides is 1. The normalized spacial score (nSPS) is 10.6. The largest absolute Gasteiger partial charge is 0.494 e. The van der Waals surface area contributed by atoms with Gasteiger partial charge >= 0.3 is 5.97 Å². The number of nitrogens with zero attached hydrogens (tertiary/aromatic N) is 2. The molecule has 0 fully saturated rings. The van der Waals surface area contributed by atoms with E-state index in [0.29, 0.717) is 28.4 Å². The van der Waals surface area contributed by atoms with Gasteiger partial charge in [-0.2, -0.15) is 5.10 Å². The van der Waals surface area contributed by atoms with Gasteiger partial charge in [0, 0.05) is 16.8 Å². The molecule has 7 heteroatoms. The fraction of sp³-hybridized carbons (Fsp3) is 0.148. The predicted octanol–water partition coefficient (Wildman–Crippen LogP) is 5.29. The van der Waals surface area contributed by atoms with Crippen molar-refractivity contribution in [2.45, 2.75) is 13.8 Å². The zero-order chi connectivity index (χ0) is 24.1. The van der Waals surface area contributed by atoms with Gasteiger partial charge in [0.15, 0.2) is 5.69 Å². The number of rotatable bonds is 7. The second kappa shape index (κ2) is 10.0. The molecule has 4 rings (SSSR count). The molecule has 0 aliphatic heterocycles. The number of aryl methyl sites for hydroxylation is 1. The van der Waals surface area contributed by atoms with Gasteiger partial charge in [-0.25, -0.2) is 9.48 Å². The molecule has 34 heavy (non-hydrogen) atoms. The van der Waals surface area contributed by atoms with Crippen molar-refractivity contribution >= 4 is 17.6 Å². The molecule has 4 aromatic rings. The molecule has 7 nitrogen and oxygen atoms in total. The Bertz CT molecular complexity index is 1340. The van der Waals surface area contributed by atoms with Gasteiger partial charge in [-0.3, -0.25) is 4.79 Å². The number of carbonyl (C=O) groups excluding carboxylic acids is 2. The highest BCUT2D eigenvalue weighted by molar-refractivity contribution is 6.05. The lowest BCUT2D eigenvalue weighted by atomic mass is 10.1. The first-order chi connectivity index (χ1) is 16.5. The average Bonchev–Trinajstić information content (AvgIpc) is 3.30. The van der Waals surface area contributed by atoms with Gasteiger partial charge in [-0.15, -0.1) is 0 Å². The lowest BCUT2D eigenvalue weighted by molar-refractivity contribution is 0.0518. The monoisotopic (exact) mass is 455 g/mol. The Hall–Kier alpha value is -4.39. The number of methoxy groups -OCH3 is 1. The van der Waals surface area contributed by atoms with Crippen molar-refractivity contribution in [2.24, 2.45) is 0 Å². The molecular weight excluding hydrogens is 430 g/mol. The molecule has 1 heterocycles. The van der Waals surface area contributed by atoms with Crippen molar-refractivity contribution in [1.29, 1.82) is 0 Å². The van der Waals surface area contributed by atoms with E-state index in [4.69, 9.17) is 9.47 Å². The zero-order valence-electron chi connectivity index (χ0n) is 19.2. The molecule has 0 saturated heterocycles. The zero-order valence-corrected chi connectivity index (χ0v) is 19.2. The molecule has 0 radical (unpaired) electrons. The van der Waals surface area contributed by atoms with E-state index in [1.54, 1.807) is 30.8 Å². The van der Waals surface area contributed by atoms with E-state index in [-0.39, 0.29) is 18.2 Å². The van der Waals surface area contributed by atoms with Gasteiger partial charge in [0.1, 0.15) is 11.4 Å². The number of hydrogen-bond donors (Lipinski definition) is 1. The van der Waals surface area contributed by atoms with E-state index in [1.165, 1.54) is 0 Å². The average molecular weight is 456 g/mol. The summed E-state index contributed by atoms with van der Waals surface area (Å²) in [5.41, 5.74) is 4.38. The molecule has 0 atom stereocenters. The molecule has 0 saturated carbocycles. The summed E-state index contributed by atoms with van der Waals surface area (Å²) in [6, 6.07) is 23.9. The molecule has 0 bridgehead atoms. The van der Waals surface area contributed by atoms with Gasteiger partial charge in [-0.1, -0.05) is 42.5 Å². The smallest absolute Gasteiger partial charge is 0.358 e. The third-order valence-electron chi connectivity index (χ3n) is 5.31. The summed E-state index contributed by atoms with van der Waals surface area (Å²) in [6.07, 6.45) is 0.